The Morgan fingerprint density at radius 3 is 2.20 bits per heavy atom. The zero-order valence-electron chi connectivity index (χ0n) is 30.8. The first-order valence-electron chi connectivity index (χ1n) is 18.9. The minimum Gasteiger partial charge on any atom is -0.361 e. The molecular weight excluding hydrogens is 653 g/mol. The molecule has 0 radical (unpaired) electrons. The minimum absolute atomic E-state index is 1.05. The molecule has 0 saturated carbocycles. The monoisotopic (exact) mass is 694 g/mol. The molecule has 54 heavy (non-hydrogen) atoms. The average Bonchev–Trinajstić information content (AvgIpc) is 3.54. The maximum absolute atomic E-state index is 3.56. The highest BCUT2D eigenvalue weighted by atomic mass is 15.0. The molecular formula is C52H42N2. The van der Waals surface area contributed by atoms with E-state index in [0.717, 1.165) is 34.5 Å². The van der Waals surface area contributed by atoms with E-state index in [-0.39, 0.29) is 0 Å². The van der Waals surface area contributed by atoms with Crippen LogP contribution < -0.4 is 26.3 Å². The van der Waals surface area contributed by atoms with E-state index < -0.39 is 0 Å². The van der Waals surface area contributed by atoms with Crippen LogP contribution in [0.25, 0.3) is 80.1 Å². The maximum atomic E-state index is 3.56. The third-order valence-corrected chi connectivity index (χ3v) is 10.8. The number of hydrogen-bond donors (Lipinski definition) is 1. The number of anilines is 1. The Bertz CT molecular complexity index is 2970. The Labute approximate surface area is 316 Å². The summed E-state index contributed by atoms with van der Waals surface area (Å²) in [7, 11) is 0. The van der Waals surface area contributed by atoms with Crippen LogP contribution in [0.3, 0.4) is 0 Å². The average molecular weight is 695 g/mol. The zero-order chi connectivity index (χ0) is 36.4. The molecule has 0 spiro atoms. The highest BCUT2D eigenvalue weighted by Gasteiger charge is 2.16. The molecule has 0 aliphatic heterocycles. The van der Waals surface area contributed by atoms with Crippen molar-refractivity contribution >= 4 is 57.9 Å². The summed E-state index contributed by atoms with van der Waals surface area (Å²) in [4.78, 5) is 0. The summed E-state index contributed by atoms with van der Waals surface area (Å²) in [5.41, 5.74) is 12.4. The number of rotatable bonds is 7. The van der Waals surface area contributed by atoms with E-state index in [2.05, 4.69) is 212 Å². The van der Waals surface area contributed by atoms with Crippen LogP contribution in [0, 0.1) is 13.8 Å². The first-order valence-corrected chi connectivity index (χ1v) is 18.9. The largest absolute Gasteiger partial charge is 0.361 e. The number of allylic oxidation sites excluding steroid dienone is 1. The van der Waals surface area contributed by atoms with Crippen molar-refractivity contribution < 1.29 is 0 Å². The summed E-state index contributed by atoms with van der Waals surface area (Å²) in [6.45, 7) is 4.44. The molecule has 8 aromatic rings. The van der Waals surface area contributed by atoms with E-state index in [0.29, 0.717) is 0 Å². The van der Waals surface area contributed by atoms with Gasteiger partial charge in [-0.2, -0.15) is 0 Å². The first-order chi connectivity index (χ1) is 26.6. The Balaban J connectivity index is 1.06. The number of nitrogens with one attached hydrogen (secondary N) is 1. The van der Waals surface area contributed by atoms with Crippen LogP contribution in [0.5, 0.6) is 0 Å². The molecule has 0 bridgehead atoms. The number of nitrogens with zero attached hydrogens (tertiary/aromatic N) is 1. The molecule has 0 saturated heterocycles. The second-order valence-corrected chi connectivity index (χ2v) is 14.2. The molecule has 2 heteroatoms. The third-order valence-electron chi connectivity index (χ3n) is 10.8. The van der Waals surface area contributed by atoms with Crippen molar-refractivity contribution in [1.82, 2.24) is 4.57 Å². The molecule has 9 rings (SSSR count). The third kappa shape index (κ3) is 6.27. The highest BCUT2D eigenvalue weighted by molar-refractivity contribution is 5.95. The van der Waals surface area contributed by atoms with Crippen molar-refractivity contribution in [3.8, 4) is 27.9 Å². The Hall–Kier alpha value is -6.64. The summed E-state index contributed by atoms with van der Waals surface area (Å²) in [5.74, 6) is 0. The maximum Gasteiger partial charge on any atom is 0.0547 e. The van der Waals surface area contributed by atoms with Crippen LogP contribution in [0.15, 0.2) is 158 Å². The standard InChI is InChI=1S/C52H42N2/c1-36-14-3-7-22-44(36)52-37(2)15-11-25-46(52)41-30-33-48-47-24-9-10-27-50(47)54(51(48)34-41)43-31-28-38(29-32-43)16-12-20-39-17-4-5-19-42(39)35-53-49-26-13-21-40-18-6-8-23-45(40)49/h3-8,11-35,53H,9-10H2,1-2H3/b16-12-,39-20-,42-35+. The lowest BCUT2D eigenvalue weighted by molar-refractivity contribution is 1.02. The number of aromatic nitrogens is 1. The van der Waals surface area contributed by atoms with Gasteiger partial charge in [0.2, 0.25) is 0 Å². The Kier molecular flexibility index (Phi) is 8.86. The minimum atomic E-state index is 1.05. The van der Waals surface area contributed by atoms with Crippen LogP contribution in [0.1, 0.15) is 29.5 Å². The van der Waals surface area contributed by atoms with Gasteiger partial charge in [0.25, 0.3) is 0 Å². The van der Waals surface area contributed by atoms with Gasteiger partial charge in [0.05, 0.1) is 5.52 Å². The smallest absolute Gasteiger partial charge is 0.0547 e. The van der Waals surface area contributed by atoms with Gasteiger partial charge in [-0.15, -0.1) is 0 Å². The van der Waals surface area contributed by atoms with Crippen LogP contribution in [-0.4, -0.2) is 4.57 Å². The van der Waals surface area contributed by atoms with Crippen LogP contribution in [0.4, 0.5) is 5.69 Å². The van der Waals surface area contributed by atoms with Crippen LogP contribution in [0.2, 0.25) is 0 Å². The number of aryl methyl sites for hydroxylation is 2. The number of hydrogen-bond acceptors (Lipinski definition) is 1. The van der Waals surface area contributed by atoms with Crippen molar-refractivity contribution in [1.29, 1.82) is 0 Å². The lowest BCUT2D eigenvalue weighted by atomic mass is 9.89. The van der Waals surface area contributed by atoms with Crippen molar-refractivity contribution in [3.63, 3.8) is 0 Å². The summed E-state index contributed by atoms with van der Waals surface area (Å²) < 4.78 is 2.46. The number of benzene rings is 7. The van der Waals surface area contributed by atoms with Gasteiger partial charge in [0.15, 0.2) is 0 Å². The molecule has 0 atom stereocenters. The highest BCUT2D eigenvalue weighted by Crippen LogP contribution is 2.37. The molecule has 1 aromatic heterocycles. The second-order valence-electron chi connectivity index (χ2n) is 14.2. The van der Waals surface area contributed by atoms with E-state index in [1.54, 1.807) is 0 Å². The predicted octanol–water partition coefficient (Wildman–Crippen LogP) is 10.4. The topological polar surface area (TPSA) is 17.0 Å². The number of fused-ring (bicyclic) bond motifs is 4. The summed E-state index contributed by atoms with van der Waals surface area (Å²) in [5, 5.41) is 12.2. The lowest BCUT2D eigenvalue weighted by Crippen LogP contribution is -2.30. The van der Waals surface area contributed by atoms with Gasteiger partial charge in [0, 0.05) is 38.9 Å². The fourth-order valence-electron chi connectivity index (χ4n) is 8.06. The van der Waals surface area contributed by atoms with Gasteiger partial charge < -0.3 is 9.88 Å². The first kappa shape index (κ1) is 33.2. The molecule has 0 unspecified atom stereocenters. The van der Waals surface area contributed by atoms with Gasteiger partial charge in [0.1, 0.15) is 0 Å². The summed E-state index contributed by atoms with van der Waals surface area (Å²) >= 11 is 0. The second kappa shape index (κ2) is 14.4. The van der Waals surface area contributed by atoms with Crippen molar-refractivity contribution in [2.45, 2.75) is 26.7 Å². The fraction of sp³-hybridized carbons (Fsp3) is 0.0769. The predicted molar refractivity (Wildman–Crippen MR) is 232 cm³/mol. The summed E-state index contributed by atoms with van der Waals surface area (Å²) in [6.07, 6.45) is 15.6. The normalized spacial score (nSPS) is 13.3. The quantitative estimate of drug-likeness (QED) is 0.176. The molecule has 7 aromatic carbocycles. The molecule has 1 aliphatic rings. The van der Waals surface area contributed by atoms with Gasteiger partial charge >= 0.3 is 0 Å². The SMILES string of the molecule is Cc1ccccc1-c1c(C)cccc1-c1ccc2c3c(n(-c4ccc(\C=C/C=c5/cccc/c5=C\Nc5cccc6ccccc56)cc4)c2c1)=CCCC=3. The van der Waals surface area contributed by atoms with Crippen molar-refractivity contribution in [3.05, 3.63) is 195 Å². The molecule has 1 aliphatic carbocycles. The van der Waals surface area contributed by atoms with Crippen LogP contribution in [-0.2, 0) is 0 Å². The van der Waals surface area contributed by atoms with E-state index in [1.165, 1.54) is 71.3 Å². The molecule has 0 amide bonds. The molecule has 2 nitrogen and oxygen atoms in total. The lowest BCUT2D eigenvalue weighted by Gasteiger charge is -2.16. The van der Waals surface area contributed by atoms with Crippen molar-refractivity contribution in [2.75, 3.05) is 5.32 Å². The Morgan fingerprint density at radius 1 is 0.593 bits per heavy atom. The van der Waals surface area contributed by atoms with E-state index in [4.69, 9.17) is 0 Å². The molecule has 0 fully saturated rings. The van der Waals surface area contributed by atoms with Gasteiger partial charge in [-0.25, -0.2) is 0 Å². The Morgan fingerprint density at radius 2 is 1.31 bits per heavy atom. The fourth-order valence-corrected chi connectivity index (χ4v) is 8.06. The van der Waals surface area contributed by atoms with Crippen molar-refractivity contribution in [2.24, 2.45) is 0 Å². The van der Waals surface area contributed by atoms with Gasteiger partial charge in [-0.1, -0.05) is 158 Å². The summed E-state index contributed by atoms with van der Waals surface area (Å²) in [6, 6.07) is 54.8. The molecule has 1 N–H and O–H groups in total. The van der Waals surface area contributed by atoms with E-state index >= 15 is 0 Å². The van der Waals surface area contributed by atoms with E-state index in [9.17, 15) is 0 Å². The van der Waals surface area contributed by atoms with Crippen LogP contribution >= 0.6 is 0 Å². The van der Waals surface area contributed by atoms with Gasteiger partial charge in [-0.05, 0) is 106 Å². The van der Waals surface area contributed by atoms with Gasteiger partial charge in [-0.3, -0.25) is 0 Å². The zero-order valence-corrected chi connectivity index (χ0v) is 30.8. The van der Waals surface area contributed by atoms with E-state index in [1.807, 2.05) is 0 Å². The molecule has 1 heterocycles. The molecule has 260 valence electrons.